The summed E-state index contributed by atoms with van der Waals surface area (Å²) in [4.78, 5) is 16.5. The van der Waals surface area contributed by atoms with Crippen LogP contribution >= 0.6 is 0 Å². The van der Waals surface area contributed by atoms with E-state index < -0.39 is 0 Å². The van der Waals surface area contributed by atoms with Crippen LogP contribution in [0.2, 0.25) is 0 Å². The van der Waals surface area contributed by atoms with E-state index in [1.54, 1.807) is 6.92 Å². The Morgan fingerprint density at radius 2 is 2.26 bits per heavy atom. The molecule has 0 aliphatic carbocycles. The number of nitrogens with one attached hydrogen (secondary N) is 1. The Kier molecular flexibility index (Phi) is 4.24. The van der Waals surface area contributed by atoms with Crippen molar-refractivity contribution in [3.63, 3.8) is 0 Å². The number of carbonyl (C=O) groups is 1. The molecule has 0 unspecified atom stereocenters. The number of aryl methyl sites for hydroxylation is 1. The van der Waals surface area contributed by atoms with Gasteiger partial charge in [0.1, 0.15) is 0 Å². The largest absolute Gasteiger partial charge is 0.435 e. The summed E-state index contributed by atoms with van der Waals surface area (Å²) in [5.74, 6) is 0.923. The highest BCUT2D eigenvalue weighted by molar-refractivity contribution is 5.92. The third-order valence-electron chi connectivity index (χ3n) is 3.44. The van der Waals surface area contributed by atoms with Gasteiger partial charge >= 0.3 is 0 Å². The first-order valence-corrected chi connectivity index (χ1v) is 6.92. The summed E-state index contributed by atoms with van der Waals surface area (Å²) in [6.45, 7) is 8.55. The molecule has 2 atom stereocenters. The number of oxazole rings is 1. The number of aromatic nitrogens is 1. The zero-order valence-electron chi connectivity index (χ0n) is 12.0. The molecule has 2 heterocycles. The molecule has 19 heavy (non-hydrogen) atoms. The summed E-state index contributed by atoms with van der Waals surface area (Å²) in [7, 11) is 0. The molecule has 0 saturated carbocycles. The third kappa shape index (κ3) is 2.97. The molecule has 1 aliphatic rings. The van der Waals surface area contributed by atoms with E-state index in [1.807, 2.05) is 13.8 Å². The summed E-state index contributed by atoms with van der Waals surface area (Å²) >= 11 is 0. The predicted octanol–water partition coefficient (Wildman–Crippen LogP) is 2.40. The first-order valence-electron chi connectivity index (χ1n) is 6.92. The van der Waals surface area contributed by atoms with Crippen LogP contribution < -0.4 is 5.32 Å². The Hall–Kier alpha value is -1.36. The number of hydrogen-bond donors (Lipinski definition) is 1. The van der Waals surface area contributed by atoms with E-state index in [0.29, 0.717) is 24.0 Å². The summed E-state index contributed by atoms with van der Waals surface area (Å²) in [5.41, 5.74) is 0.646. The quantitative estimate of drug-likeness (QED) is 0.909. The van der Waals surface area contributed by atoms with Crippen molar-refractivity contribution in [2.24, 2.45) is 0 Å². The van der Waals surface area contributed by atoms with Crippen LogP contribution in [0, 0.1) is 6.92 Å². The Morgan fingerprint density at radius 1 is 1.53 bits per heavy atom. The van der Waals surface area contributed by atoms with Crippen molar-refractivity contribution in [2.75, 3.05) is 6.61 Å². The van der Waals surface area contributed by atoms with Gasteiger partial charge in [0.2, 0.25) is 5.76 Å². The van der Waals surface area contributed by atoms with Crippen molar-refractivity contribution >= 4 is 5.91 Å². The van der Waals surface area contributed by atoms with Crippen molar-refractivity contribution in [1.29, 1.82) is 0 Å². The number of hydrogen-bond acceptors (Lipinski definition) is 4. The molecule has 1 N–H and O–H groups in total. The highest BCUT2D eigenvalue weighted by Gasteiger charge is 2.30. The van der Waals surface area contributed by atoms with Crippen LogP contribution in [0.5, 0.6) is 0 Å². The SMILES string of the molecule is CC[C@@H]1OCC[C@H]1NC(=O)c1oc(C(C)C)nc1C. The van der Waals surface area contributed by atoms with Crippen LogP contribution in [-0.2, 0) is 4.74 Å². The Bertz CT molecular complexity index is 454. The van der Waals surface area contributed by atoms with Crippen molar-refractivity contribution in [2.45, 2.75) is 58.6 Å². The fraction of sp³-hybridized carbons (Fsp3) is 0.714. The predicted molar refractivity (Wildman–Crippen MR) is 71.2 cm³/mol. The number of rotatable bonds is 4. The molecule has 1 amide bonds. The maximum atomic E-state index is 12.2. The van der Waals surface area contributed by atoms with E-state index in [-0.39, 0.29) is 24.0 Å². The number of ether oxygens (including phenoxy) is 1. The molecule has 1 aromatic heterocycles. The lowest BCUT2D eigenvalue weighted by atomic mass is 10.1. The molecular weight excluding hydrogens is 244 g/mol. The molecule has 2 rings (SSSR count). The van der Waals surface area contributed by atoms with E-state index in [1.165, 1.54) is 0 Å². The molecule has 1 aromatic rings. The molecular formula is C14H22N2O3. The highest BCUT2D eigenvalue weighted by Crippen LogP contribution is 2.20. The fourth-order valence-electron chi connectivity index (χ4n) is 2.32. The molecule has 0 radical (unpaired) electrons. The van der Waals surface area contributed by atoms with Gasteiger partial charge in [-0.05, 0) is 19.8 Å². The molecule has 1 aliphatic heterocycles. The maximum Gasteiger partial charge on any atom is 0.289 e. The van der Waals surface area contributed by atoms with Crippen LogP contribution in [0.4, 0.5) is 0 Å². The topological polar surface area (TPSA) is 64.4 Å². The summed E-state index contributed by atoms with van der Waals surface area (Å²) in [6, 6.07) is 0.0736. The van der Waals surface area contributed by atoms with Gasteiger partial charge in [-0.25, -0.2) is 4.98 Å². The van der Waals surface area contributed by atoms with Crippen LogP contribution in [0.3, 0.4) is 0 Å². The zero-order chi connectivity index (χ0) is 14.0. The van der Waals surface area contributed by atoms with E-state index in [4.69, 9.17) is 9.15 Å². The molecule has 1 saturated heterocycles. The van der Waals surface area contributed by atoms with E-state index >= 15 is 0 Å². The summed E-state index contributed by atoms with van der Waals surface area (Å²) in [6.07, 6.45) is 1.86. The Morgan fingerprint density at radius 3 is 2.84 bits per heavy atom. The van der Waals surface area contributed by atoms with Crippen LogP contribution in [0.1, 0.15) is 61.7 Å². The number of carbonyl (C=O) groups excluding carboxylic acids is 1. The highest BCUT2D eigenvalue weighted by atomic mass is 16.5. The minimum atomic E-state index is -0.189. The van der Waals surface area contributed by atoms with Crippen molar-refractivity contribution in [3.05, 3.63) is 17.3 Å². The summed E-state index contributed by atoms with van der Waals surface area (Å²) in [5, 5.41) is 2.99. The van der Waals surface area contributed by atoms with Gasteiger partial charge in [-0.2, -0.15) is 0 Å². The van der Waals surface area contributed by atoms with Gasteiger partial charge in [0.15, 0.2) is 5.89 Å². The van der Waals surface area contributed by atoms with E-state index in [0.717, 1.165) is 12.8 Å². The lowest BCUT2D eigenvalue weighted by Gasteiger charge is -2.17. The Balaban J connectivity index is 2.07. The van der Waals surface area contributed by atoms with Crippen molar-refractivity contribution in [3.8, 4) is 0 Å². The summed E-state index contributed by atoms with van der Waals surface area (Å²) < 4.78 is 11.1. The van der Waals surface area contributed by atoms with Gasteiger partial charge in [-0.3, -0.25) is 4.79 Å². The van der Waals surface area contributed by atoms with Crippen LogP contribution in [-0.4, -0.2) is 29.6 Å². The first-order chi connectivity index (χ1) is 9.02. The Labute approximate surface area is 113 Å². The van der Waals surface area contributed by atoms with E-state index in [9.17, 15) is 4.79 Å². The second kappa shape index (κ2) is 5.74. The standard InChI is InChI=1S/C14H22N2O3/c1-5-11-10(6-7-18-11)16-13(17)12-9(4)15-14(19-12)8(2)3/h8,10-11H,5-7H2,1-4H3,(H,16,17)/t10-,11+/m1/s1. The van der Waals surface area contributed by atoms with Crippen molar-refractivity contribution in [1.82, 2.24) is 10.3 Å². The molecule has 106 valence electrons. The molecule has 5 nitrogen and oxygen atoms in total. The average Bonchev–Trinajstić information content (AvgIpc) is 2.95. The molecule has 5 heteroatoms. The maximum absolute atomic E-state index is 12.2. The first kappa shape index (κ1) is 14.1. The van der Waals surface area contributed by atoms with Gasteiger partial charge in [-0.15, -0.1) is 0 Å². The third-order valence-corrected chi connectivity index (χ3v) is 3.44. The van der Waals surface area contributed by atoms with Gasteiger partial charge in [0.25, 0.3) is 5.91 Å². The van der Waals surface area contributed by atoms with E-state index in [2.05, 4.69) is 17.2 Å². The van der Waals surface area contributed by atoms with Gasteiger partial charge in [-0.1, -0.05) is 20.8 Å². The van der Waals surface area contributed by atoms with Gasteiger partial charge in [0.05, 0.1) is 17.8 Å². The van der Waals surface area contributed by atoms with Crippen LogP contribution in [0.15, 0.2) is 4.42 Å². The minimum absolute atomic E-state index is 0.0736. The molecule has 0 spiro atoms. The fourth-order valence-corrected chi connectivity index (χ4v) is 2.32. The monoisotopic (exact) mass is 266 g/mol. The van der Waals surface area contributed by atoms with Crippen molar-refractivity contribution < 1.29 is 13.9 Å². The second-order valence-electron chi connectivity index (χ2n) is 5.31. The lowest BCUT2D eigenvalue weighted by Crippen LogP contribution is -2.40. The van der Waals surface area contributed by atoms with Gasteiger partial charge < -0.3 is 14.5 Å². The van der Waals surface area contributed by atoms with Gasteiger partial charge in [0, 0.05) is 12.5 Å². The smallest absolute Gasteiger partial charge is 0.289 e. The molecule has 0 aromatic carbocycles. The van der Waals surface area contributed by atoms with Crippen LogP contribution in [0.25, 0.3) is 0 Å². The lowest BCUT2D eigenvalue weighted by molar-refractivity contribution is 0.0788. The number of nitrogens with zero attached hydrogens (tertiary/aromatic N) is 1. The second-order valence-corrected chi connectivity index (χ2v) is 5.31. The molecule has 1 fully saturated rings. The zero-order valence-corrected chi connectivity index (χ0v) is 12.0. The molecule has 0 bridgehead atoms. The number of amides is 1. The average molecular weight is 266 g/mol. The normalized spacial score (nSPS) is 23.0. The minimum Gasteiger partial charge on any atom is -0.435 e.